The van der Waals surface area contributed by atoms with Crippen LogP contribution >= 0.6 is 0 Å². The zero-order valence-electron chi connectivity index (χ0n) is 43.5. The van der Waals surface area contributed by atoms with Crippen LogP contribution in [0.2, 0.25) is 0 Å². The summed E-state index contributed by atoms with van der Waals surface area (Å²) in [6.45, 7) is 16.9. The van der Waals surface area contributed by atoms with Gasteiger partial charge in [0, 0.05) is 44.4 Å². The zero-order valence-corrected chi connectivity index (χ0v) is 43.5. The van der Waals surface area contributed by atoms with E-state index in [9.17, 15) is 0 Å². The highest BCUT2D eigenvalue weighted by molar-refractivity contribution is 6.39. The van der Waals surface area contributed by atoms with Gasteiger partial charge < -0.3 is 10.6 Å². The van der Waals surface area contributed by atoms with Gasteiger partial charge in [-0.05, 0) is 146 Å². The van der Waals surface area contributed by atoms with Gasteiger partial charge in [-0.25, -0.2) is 0 Å². The maximum absolute atomic E-state index is 15.4. The Kier molecular flexibility index (Phi) is 11.4. The summed E-state index contributed by atoms with van der Waals surface area (Å²) in [5, 5.41) is 23.8. The van der Waals surface area contributed by atoms with Crippen molar-refractivity contribution in [3.63, 3.8) is 0 Å². The number of carbonyl (C=O) groups excluding carboxylic acids is 4. The molecule has 368 valence electrons. The molecule has 3 N–H and O–H groups in total. The molecular weight excluding hydrogens is 923 g/mol. The molecule has 0 bridgehead atoms. The number of nitrogens with one attached hydrogen (secondary N) is 3. The van der Waals surface area contributed by atoms with Crippen LogP contribution in [0.3, 0.4) is 0 Å². The Balaban J connectivity index is 1.05. The van der Waals surface area contributed by atoms with Gasteiger partial charge in [-0.3, -0.25) is 24.5 Å². The van der Waals surface area contributed by atoms with Gasteiger partial charge in [0.2, 0.25) is 0 Å². The lowest BCUT2D eigenvalue weighted by atomic mass is 9.85. The Bertz CT molecular complexity index is 3940. The molecule has 4 amide bonds. The highest BCUT2D eigenvalue weighted by Gasteiger charge is 2.29. The van der Waals surface area contributed by atoms with E-state index in [0.717, 1.165) is 109 Å². The summed E-state index contributed by atoms with van der Waals surface area (Å²) in [6, 6.07) is 52.1. The molecule has 0 aliphatic heterocycles. The number of hydrogen-bond acceptors (Lipinski definition) is 4. The topological polar surface area (TPSA) is 104 Å². The fourth-order valence-electron chi connectivity index (χ4n) is 12.2. The quantitative estimate of drug-likeness (QED) is 0.0721. The number of amides is 4. The smallest absolute Gasteiger partial charge is 0.258 e. The van der Waals surface area contributed by atoms with E-state index in [0.29, 0.717) is 21.9 Å². The van der Waals surface area contributed by atoms with Gasteiger partial charge in [0.25, 0.3) is 23.6 Å². The molecule has 0 aromatic heterocycles. The van der Waals surface area contributed by atoms with Crippen molar-refractivity contribution < 1.29 is 19.2 Å². The van der Waals surface area contributed by atoms with Gasteiger partial charge in [-0.1, -0.05) is 189 Å². The number of rotatable bonds is 10. The number of hydrogen-bond donors (Lipinski definition) is 3. The van der Waals surface area contributed by atoms with Crippen molar-refractivity contribution in [3.8, 4) is 0 Å². The van der Waals surface area contributed by atoms with Gasteiger partial charge in [-0.2, -0.15) is 0 Å². The normalized spacial score (nSPS) is 12.2. The second-order valence-electron chi connectivity index (χ2n) is 21.5. The minimum absolute atomic E-state index is 0.123. The summed E-state index contributed by atoms with van der Waals surface area (Å²) in [5.41, 5.74) is 6.55. The molecule has 0 heterocycles. The highest BCUT2D eigenvalue weighted by atomic mass is 16.2. The molecule has 12 rings (SSSR count). The number of benzene rings is 12. The average molecular weight is 980 g/mol. The van der Waals surface area contributed by atoms with Crippen molar-refractivity contribution in [2.75, 3.05) is 10.6 Å². The molecule has 0 spiro atoms. The molecule has 0 radical (unpaired) electrons. The predicted octanol–water partition coefficient (Wildman–Crippen LogP) is 17.4. The maximum Gasteiger partial charge on any atom is 0.258 e. The second-order valence-corrected chi connectivity index (χ2v) is 21.5. The molecule has 7 heteroatoms. The van der Waals surface area contributed by atoms with E-state index in [1.165, 1.54) is 0 Å². The lowest BCUT2D eigenvalue weighted by molar-refractivity contribution is 0.0850. The maximum atomic E-state index is 15.4. The molecule has 0 unspecified atom stereocenters. The zero-order chi connectivity index (χ0) is 52.1. The van der Waals surface area contributed by atoms with Crippen LogP contribution in [0, 0.1) is 0 Å². The minimum atomic E-state index is -0.672. The SMILES string of the molecule is CC(C)c1cccc(C(C)C)c1NC(=O)c1ccc2c3cccc4cccc(c5ccc(C(=O)NC(=O)c6ccc7c8cccc9cccc(c%10ccc(C(=O)Nc%11c(C(C)C)cccc%11C(C)C)c6c7%10)c98)c1c52)c43. The molecule has 12 aromatic rings. The lowest BCUT2D eigenvalue weighted by Crippen LogP contribution is -2.31. The van der Waals surface area contributed by atoms with Crippen LogP contribution in [0.25, 0.3) is 86.2 Å². The first-order valence-electron chi connectivity index (χ1n) is 26.2. The Morgan fingerprint density at radius 1 is 0.280 bits per heavy atom. The molecule has 7 nitrogen and oxygen atoms in total. The summed E-state index contributed by atoms with van der Waals surface area (Å²) in [5.74, 6) is -1.57. The van der Waals surface area contributed by atoms with Crippen molar-refractivity contribution in [1.29, 1.82) is 0 Å². The summed E-state index contributed by atoms with van der Waals surface area (Å²) >= 11 is 0. The number of fused-ring (bicyclic) bond motifs is 4. The average Bonchev–Trinajstić information content (AvgIpc) is 3.42. The van der Waals surface area contributed by atoms with Crippen molar-refractivity contribution in [2.45, 2.75) is 79.1 Å². The van der Waals surface area contributed by atoms with E-state index >= 15 is 19.2 Å². The fraction of sp³-hybridized carbons (Fsp3) is 0.176. The van der Waals surface area contributed by atoms with Gasteiger partial charge >= 0.3 is 0 Å². The third-order valence-electron chi connectivity index (χ3n) is 15.7. The van der Waals surface area contributed by atoms with E-state index in [4.69, 9.17) is 0 Å². The van der Waals surface area contributed by atoms with E-state index in [2.05, 4.69) is 144 Å². The van der Waals surface area contributed by atoms with Crippen LogP contribution < -0.4 is 16.0 Å². The van der Waals surface area contributed by atoms with Crippen LogP contribution in [-0.2, 0) is 0 Å². The number of carbonyl (C=O) groups is 4. The van der Waals surface area contributed by atoms with Crippen LogP contribution in [0.1, 0.15) is 143 Å². The Morgan fingerprint density at radius 3 is 0.813 bits per heavy atom. The Labute approximate surface area is 435 Å². The highest BCUT2D eigenvalue weighted by Crippen LogP contribution is 2.45. The summed E-state index contributed by atoms with van der Waals surface area (Å²) in [6.07, 6.45) is 0. The van der Waals surface area contributed by atoms with Crippen LogP contribution in [0.15, 0.2) is 158 Å². The molecule has 0 aliphatic rings. The van der Waals surface area contributed by atoms with Crippen LogP contribution in [0.5, 0.6) is 0 Å². The van der Waals surface area contributed by atoms with E-state index < -0.39 is 11.8 Å². The molecule has 75 heavy (non-hydrogen) atoms. The molecule has 0 aliphatic carbocycles. The number of anilines is 2. The fourth-order valence-corrected chi connectivity index (χ4v) is 12.2. The van der Waals surface area contributed by atoms with Gasteiger partial charge in [-0.15, -0.1) is 0 Å². The third kappa shape index (κ3) is 7.46. The summed E-state index contributed by atoms with van der Waals surface area (Å²) in [4.78, 5) is 61.1. The van der Waals surface area contributed by atoms with Crippen LogP contribution in [0.4, 0.5) is 11.4 Å². The van der Waals surface area contributed by atoms with Gasteiger partial charge in [0.05, 0.1) is 0 Å². The first-order valence-corrected chi connectivity index (χ1v) is 26.2. The predicted molar refractivity (Wildman–Crippen MR) is 312 cm³/mol. The van der Waals surface area contributed by atoms with E-state index in [1.54, 1.807) is 12.1 Å². The summed E-state index contributed by atoms with van der Waals surface area (Å²) in [7, 11) is 0. The number of imide groups is 1. The molecule has 0 saturated carbocycles. The monoisotopic (exact) mass is 979 g/mol. The minimum Gasteiger partial charge on any atom is -0.321 e. The summed E-state index contributed by atoms with van der Waals surface area (Å²) < 4.78 is 0. The van der Waals surface area contributed by atoms with Crippen LogP contribution in [-0.4, -0.2) is 23.6 Å². The van der Waals surface area contributed by atoms with Crippen molar-refractivity contribution in [2.24, 2.45) is 0 Å². The van der Waals surface area contributed by atoms with Gasteiger partial charge in [0.15, 0.2) is 0 Å². The first-order chi connectivity index (χ1) is 36.2. The lowest BCUT2D eigenvalue weighted by Gasteiger charge is -2.22. The Hall–Kier alpha value is -8.68. The number of para-hydroxylation sites is 2. The third-order valence-corrected chi connectivity index (χ3v) is 15.7. The molecule has 0 fully saturated rings. The Morgan fingerprint density at radius 2 is 0.533 bits per heavy atom. The second kappa shape index (κ2) is 18.1. The molecule has 0 atom stereocenters. The van der Waals surface area contributed by atoms with Gasteiger partial charge in [0.1, 0.15) is 0 Å². The van der Waals surface area contributed by atoms with Crippen molar-refractivity contribution in [1.82, 2.24) is 5.32 Å². The largest absolute Gasteiger partial charge is 0.321 e. The van der Waals surface area contributed by atoms with Crippen molar-refractivity contribution >= 4 is 121 Å². The van der Waals surface area contributed by atoms with E-state index in [1.807, 2.05) is 72.8 Å². The van der Waals surface area contributed by atoms with E-state index in [-0.39, 0.29) is 46.6 Å². The molecule has 12 aromatic carbocycles. The molecule has 0 saturated heterocycles. The van der Waals surface area contributed by atoms with Crippen molar-refractivity contribution in [3.05, 3.63) is 202 Å². The molecular formula is C68H57N3O4. The standard InChI is InChI=1S/C68H57N3O4/c1-35(2)41-19-13-20-42(36(3)4)63(41)69-65(72)53-31-27-49-45-23-9-15-39-17-11-25-47(57(39)45)51-29-33-55(61(53)59(49)51)67(74)71-68(75)56-34-30-52-48-26-12-18-40-16-10-24-46(58(40)48)50-28-32-54(62(56)60(50)52)66(73)70-64-43(37(5)6)21-14-22-44(64)38(7)8/h9-38H,1-8H3,(H,69,72)(H,70,73)(H,71,74,75). The first kappa shape index (κ1) is 47.3.